The van der Waals surface area contributed by atoms with Gasteiger partial charge in [0.25, 0.3) is 11.8 Å². The lowest BCUT2D eigenvalue weighted by Gasteiger charge is -2.33. The SMILES string of the molecule is O=C(O)C1CCCN(c2cccc3c2C(=O)N(Cc2cncs2)C3=O)C1. The molecule has 1 unspecified atom stereocenters. The fraction of sp³-hybridized carbons (Fsp3) is 0.333. The lowest BCUT2D eigenvalue weighted by atomic mass is 9.96. The second kappa shape index (κ2) is 6.53. The molecule has 4 rings (SSSR count). The standard InChI is InChI=1S/C18H17N3O4S/c22-16-13-4-1-5-14(20-6-2-3-11(8-20)18(24)25)15(13)17(23)21(16)9-12-7-19-10-26-12/h1,4-5,7,10-11H,2-3,6,8-9H2,(H,24,25). The van der Waals surface area contributed by atoms with Gasteiger partial charge in [-0.3, -0.25) is 24.3 Å². The highest BCUT2D eigenvalue weighted by atomic mass is 32.1. The van der Waals surface area contributed by atoms with Crippen LogP contribution < -0.4 is 4.90 Å². The third-order valence-electron chi connectivity index (χ3n) is 4.89. The number of thiazole rings is 1. The number of hydrogen-bond acceptors (Lipinski definition) is 6. The van der Waals surface area contributed by atoms with Crippen LogP contribution in [0.5, 0.6) is 0 Å². The molecule has 0 spiro atoms. The summed E-state index contributed by atoms with van der Waals surface area (Å²) in [6.07, 6.45) is 3.02. The minimum absolute atomic E-state index is 0.203. The Balaban J connectivity index is 1.66. The predicted octanol–water partition coefficient (Wildman–Crippen LogP) is 2.24. The molecule has 2 amide bonds. The van der Waals surface area contributed by atoms with Crippen LogP contribution in [-0.2, 0) is 11.3 Å². The van der Waals surface area contributed by atoms with Crippen molar-refractivity contribution in [3.8, 4) is 0 Å². The van der Waals surface area contributed by atoms with Crippen LogP contribution in [0.2, 0.25) is 0 Å². The average Bonchev–Trinajstić information content (AvgIpc) is 3.25. The van der Waals surface area contributed by atoms with E-state index < -0.39 is 11.9 Å². The van der Waals surface area contributed by atoms with Crippen molar-refractivity contribution in [2.24, 2.45) is 5.92 Å². The molecular formula is C18H17N3O4S. The van der Waals surface area contributed by atoms with Crippen LogP contribution in [0.4, 0.5) is 5.69 Å². The van der Waals surface area contributed by atoms with Crippen molar-refractivity contribution in [1.82, 2.24) is 9.88 Å². The van der Waals surface area contributed by atoms with E-state index in [9.17, 15) is 19.5 Å². The van der Waals surface area contributed by atoms with E-state index in [1.807, 2.05) is 4.90 Å². The number of piperidine rings is 1. The van der Waals surface area contributed by atoms with E-state index >= 15 is 0 Å². The molecule has 2 aliphatic rings. The summed E-state index contributed by atoms with van der Waals surface area (Å²) in [7, 11) is 0. The van der Waals surface area contributed by atoms with E-state index in [1.54, 1.807) is 29.9 Å². The molecule has 2 aromatic rings. The molecule has 1 N–H and O–H groups in total. The summed E-state index contributed by atoms with van der Waals surface area (Å²) >= 11 is 1.40. The molecule has 26 heavy (non-hydrogen) atoms. The summed E-state index contributed by atoms with van der Waals surface area (Å²) in [6, 6.07) is 5.20. The van der Waals surface area contributed by atoms with Gasteiger partial charge in [0, 0.05) is 24.2 Å². The zero-order chi connectivity index (χ0) is 18.3. The van der Waals surface area contributed by atoms with Crippen LogP contribution in [0.25, 0.3) is 0 Å². The van der Waals surface area contributed by atoms with Crippen LogP contribution in [0, 0.1) is 5.92 Å². The quantitative estimate of drug-likeness (QED) is 0.829. The van der Waals surface area contributed by atoms with E-state index in [1.165, 1.54) is 16.2 Å². The first-order chi connectivity index (χ1) is 12.6. The van der Waals surface area contributed by atoms with Gasteiger partial charge in [0.2, 0.25) is 0 Å². The lowest BCUT2D eigenvalue weighted by Crippen LogP contribution is -2.39. The molecule has 0 aliphatic carbocycles. The fourth-order valence-electron chi connectivity index (χ4n) is 3.60. The van der Waals surface area contributed by atoms with E-state index in [-0.39, 0.29) is 18.4 Å². The second-order valence-corrected chi connectivity index (χ2v) is 7.46. The molecule has 7 nitrogen and oxygen atoms in total. The van der Waals surface area contributed by atoms with Crippen LogP contribution in [0.15, 0.2) is 29.9 Å². The normalized spacial score (nSPS) is 19.8. The molecule has 1 aromatic heterocycles. The number of benzene rings is 1. The number of carbonyl (C=O) groups is 3. The van der Waals surface area contributed by atoms with Crippen molar-refractivity contribution in [3.63, 3.8) is 0 Å². The summed E-state index contributed by atoms with van der Waals surface area (Å²) in [5.41, 5.74) is 3.08. The van der Waals surface area contributed by atoms with Gasteiger partial charge in [0.05, 0.1) is 34.8 Å². The molecule has 0 radical (unpaired) electrons. The molecule has 3 heterocycles. The minimum atomic E-state index is -0.823. The van der Waals surface area contributed by atoms with E-state index in [0.29, 0.717) is 36.3 Å². The summed E-state index contributed by atoms with van der Waals surface area (Å²) in [5.74, 6) is -1.92. The van der Waals surface area contributed by atoms with Gasteiger partial charge in [-0.1, -0.05) is 6.07 Å². The largest absolute Gasteiger partial charge is 0.481 e. The smallest absolute Gasteiger partial charge is 0.308 e. The Kier molecular flexibility index (Phi) is 4.20. The van der Waals surface area contributed by atoms with Crippen LogP contribution in [0.1, 0.15) is 38.4 Å². The van der Waals surface area contributed by atoms with Crippen molar-refractivity contribution in [2.45, 2.75) is 19.4 Å². The van der Waals surface area contributed by atoms with Crippen molar-refractivity contribution in [3.05, 3.63) is 45.9 Å². The Hall–Kier alpha value is -2.74. The molecule has 134 valence electrons. The number of aromatic nitrogens is 1. The Bertz CT molecular complexity index is 881. The zero-order valence-corrected chi connectivity index (χ0v) is 14.7. The number of nitrogens with zero attached hydrogens (tertiary/aromatic N) is 3. The third kappa shape index (κ3) is 2.76. The summed E-state index contributed by atoms with van der Waals surface area (Å²) in [4.78, 5) is 45.0. The molecular weight excluding hydrogens is 354 g/mol. The number of carboxylic acid groups (broad SMARTS) is 1. The predicted molar refractivity (Wildman–Crippen MR) is 95.3 cm³/mol. The second-order valence-electron chi connectivity index (χ2n) is 6.49. The first-order valence-corrected chi connectivity index (χ1v) is 9.28. The van der Waals surface area contributed by atoms with Gasteiger partial charge in [-0.15, -0.1) is 11.3 Å². The first kappa shape index (κ1) is 16.7. The van der Waals surface area contributed by atoms with Gasteiger partial charge in [-0.25, -0.2) is 0 Å². The maximum absolute atomic E-state index is 13.0. The lowest BCUT2D eigenvalue weighted by molar-refractivity contribution is -0.141. The first-order valence-electron chi connectivity index (χ1n) is 8.40. The highest BCUT2D eigenvalue weighted by Gasteiger charge is 2.39. The molecule has 1 saturated heterocycles. The molecule has 2 aliphatic heterocycles. The zero-order valence-electron chi connectivity index (χ0n) is 13.9. The number of anilines is 1. The van der Waals surface area contributed by atoms with Gasteiger partial charge in [-0.05, 0) is 25.0 Å². The number of imide groups is 1. The highest BCUT2D eigenvalue weighted by Crippen LogP contribution is 2.34. The van der Waals surface area contributed by atoms with Gasteiger partial charge < -0.3 is 10.0 Å². The Morgan fingerprint density at radius 3 is 2.88 bits per heavy atom. The number of fused-ring (bicyclic) bond motifs is 1. The molecule has 8 heteroatoms. The maximum atomic E-state index is 13.0. The Morgan fingerprint density at radius 1 is 1.31 bits per heavy atom. The summed E-state index contributed by atoms with van der Waals surface area (Å²) < 4.78 is 0. The number of rotatable bonds is 4. The van der Waals surface area contributed by atoms with E-state index in [0.717, 1.165) is 11.3 Å². The van der Waals surface area contributed by atoms with Crippen molar-refractivity contribution in [1.29, 1.82) is 0 Å². The van der Waals surface area contributed by atoms with Gasteiger partial charge in [0.1, 0.15) is 0 Å². The molecule has 1 fully saturated rings. The monoisotopic (exact) mass is 371 g/mol. The van der Waals surface area contributed by atoms with Gasteiger partial charge in [-0.2, -0.15) is 0 Å². The number of aliphatic carboxylic acids is 1. The van der Waals surface area contributed by atoms with E-state index in [2.05, 4.69) is 4.98 Å². The third-order valence-corrected chi connectivity index (χ3v) is 5.65. The number of amides is 2. The molecule has 0 saturated carbocycles. The van der Waals surface area contributed by atoms with Crippen molar-refractivity contribution in [2.75, 3.05) is 18.0 Å². The highest BCUT2D eigenvalue weighted by molar-refractivity contribution is 7.09. The maximum Gasteiger partial charge on any atom is 0.308 e. The average molecular weight is 371 g/mol. The molecule has 0 bridgehead atoms. The fourth-order valence-corrected chi connectivity index (χ4v) is 4.18. The Labute approximate surface area is 153 Å². The van der Waals surface area contributed by atoms with Crippen LogP contribution in [0.3, 0.4) is 0 Å². The van der Waals surface area contributed by atoms with E-state index in [4.69, 9.17) is 0 Å². The number of hydrogen-bond donors (Lipinski definition) is 1. The minimum Gasteiger partial charge on any atom is -0.481 e. The number of carbonyl (C=O) groups excluding carboxylic acids is 2. The Morgan fingerprint density at radius 2 is 2.15 bits per heavy atom. The molecule has 1 atom stereocenters. The van der Waals surface area contributed by atoms with Crippen molar-refractivity contribution >= 4 is 34.8 Å². The topological polar surface area (TPSA) is 90.8 Å². The van der Waals surface area contributed by atoms with Gasteiger partial charge >= 0.3 is 5.97 Å². The van der Waals surface area contributed by atoms with Gasteiger partial charge in [0.15, 0.2) is 0 Å². The summed E-state index contributed by atoms with van der Waals surface area (Å²) in [5, 5.41) is 9.32. The van der Waals surface area contributed by atoms with Crippen LogP contribution in [-0.4, -0.2) is 45.9 Å². The van der Waals surface area contributed by atoms with Crippen LogP contribution >= 0.6 is 11.3 Å². The molecule has 1 aromatic carbocycles. The van der Waals surface area contributed by atoms with Crippen molar-refractivity contribution < 1.29 is 19.5 Å². The summed E-state index contributed by atoms with van der Waals surface area (Å²) in [6.45, 7) is 1.23. The number of carboxylic acids is 1.